The van der Waals surface area contributed by atoms with E-state index >= 15 is 0 Å². The van der Waals surface area contributed by atoms with Crippen molar-refractivity contribution < 1.29 is 28.5 Å². The molecule has 0 N–H and O–H groups in total. The van der Waals surface area contributed by atoms with E-state index in [4.69, 9.17) is 42.1 Å². The van der Waals surface area contributed by atoms with Gasteiger partial charge < -0.3 is 18.9 Å². The number of carbonyl (C=O) groups excluding carboxylic acids is 2. The van der Waals surface area contributed by atoms with Crippen LogP contribution in [0.4, 0.5) is 0 Å². The highest BCUT2D eigenvalue weighted by atomic mass is 35.5. The number of hydrogen-bond acceptors (Lipinski definition) is 8. The van der Waals surface area contributed by atoms with Crippen molar-refractivity contribution in [2.24, 2.45) is 0 Å². The van der Waals surface area contributed by atoms with E-state index in [1.165, 1.54) is 0 Å². The van der Waals surface area contributed by atoms with Crippen molar-refractivity contribution in [3.63, 3.8) is 0 Å². The molecule has 0 unspecified atom stereocenters. The molecule has 10 heteroatoms. The summed E-state index contributed by atoms with van der Waals surface area (Å²) in [6.45, 7) is 5.06. The van der Waals surface area contributed by atoms with Gasteiger partial charge >= 0.3 is 0 Å². The van der Waals surface area contributed by atoms with E-state index in [0.717, 1.165) is 44.5 Å². The van der Waals surface area contributed by atoms with Gasteiger partial charge in [-0.1, -0.05) is 71.7 Å². The zero-order chi connectivity index (χ0) is 36.5. The normalized spacial score (nSPS) is 10.8. The first kappa shape index (κ1) is 36.1. The molecule has 8 nitrogen and oxygen atoms in total. The molecule has 0 atom stereocenters. The Balaban J connectivity index is 1.17. The zero-order valence-corrected chi connectivity index (χ0v) is 30.0. The lowest BCUT2D eigenvalue weighted by molar-refractivity contribution is 0.111. The van der Waals surface area contributed by atoms with Crippen LogP contribution >= 0.6 is 23.2 Å². The summed E-state index contributed by atoms with van der Waals surface area (Å²) in [5, 5.41) is 0.613. The fourth-order valence-corrected chi connectivity index (χ4v) is 6.07. The summed E-state index contributed by atoms with van der Waals surface area (Å²) in [5.74, 6) is 1.54. The minimum Gasteiger partial charge on any atom is -0.488 e. The maximum Gasteiger partial charge on any atom is 0.153 e. The molecule has 262 valence electrons. The topological polar surface area (TPSA) is 96.8 Å². The Morgan fingerprint density at radius 1 is 0.538 bits per heavy atom. The summed E-state index contributed by atoms with van der Waals surface area (Å²) in [5.41, 5.74) is 8.49. The monoisotopic (exact) mass is 732 g/mol. The van der Waals surface area contributed by atoms with Crippen LogP contribution in [0.5, 0.6) is 23.0 Å². The van der Waals surface area contributed by atoms with Gasteiger partial charge in [-0.3, -0.25) is 19.6 Å². The third-order valence-electron chi connectivity index (χ3n) is 8.57. The van der Waals surface area contributed by atoms with Crippen molar-refractivity contribution >= 4 is 35.8 Å². The van der Waals surface area contributed by atoms with Gasteiger partial charge in [-0.2, -0.15) is 0 Å². The Labute approximate surface area is 311 Å². The number of hydrogen-bond donors (Lipinski definition) is 0. The zero-order valence-electron chi connectivity index (χ0n) is 28.5. The van der Waals surface area contributed by atoms with Crippen LogP contribution in [0.3, 0.4) is 0 Å². The first-order chi connectivity index (χ1) is 25.3. The van der Waals surface area contributed by atoms with Crippen LogP contribution in [-0.4, -0.2) is 22.5 Å². The van der Waals surface area contributed by atoms with Crippen molar-refractivity contribution in [3.8, 4) is 34.1 Å². The Morgan fingerprint density at radius 3 is 1.35 bits per heavy atom. The summed E-state index contributed by atoms with van der Waals surface area (Å²) >= 11 is 13.0. The number of ether oxygens (including phenoxy) is 4. The van der Waals surface area contributed by atoms with Gasteiger partial charge in [0.2, 0.25) is 0 Å². The average Bonchev–Trinajstić information content (AvgIpc) is 3.17. The first-order valence-corrected chi connectivity index (χ1v) is 17.1. The van der Waals surface area contributed by atoms with Gasteiger partial charge in [0.15, 0.2) is 12.6 Å². The maximum atomic E-state index is 11.8. The summed E-state index contributed by atoms with van der Waals surface area (Å²) in [6, 6.07) is 25.9. The maximum absolute atomic E-state index is 11.8. The molecule has 0 radical (unpaired) electrons. The molecule has 0 aliphatic carbocycles. The van der Waals surface area contributed by atoms with Crippen LogP contribution in [0.1, 0.15) is 54.1 Å². The molecule has 52 heavy (non-hydrogen) atoms. The molecular weight excluding hydrogens is 699 g/mol. The van der Waals surface area contributed by atoms with Gasteiger partial charge in [0.25, 0.3) is 0 Å². The molecule has 0 bridgehead atoms. The van der Waals surface area contributed by atoms with Crippen LogP contribution in [-0.2, 0) is 26.4 Å². The van der Waals surface area contributed by atoms with Crippen molar-refractivity contribution in [1.82, 2.24) is 9.97 Å². The SMILES string of the molecule is Cc1c(COc2cc(OCc3cccnc3)c(C=O)cc2Cl)cccc1-c1cccc(COc2cc(OCc3cccnc3)c(C=O)cc2Cl)c1C. The lowest BCUT2D eigenvalue weighted by Crippen LogP contribution is -2.04. The number of rotatable bonds is 15. The predicted octanol–water partition coefficient (Wildman–Crippen LogP) is 10.0. The molecule has 0 amide bonds. The van der Waals surface area contributed by atoms with Crippen molar-refractivity contribution in [1.29, 1.82) is 0 Å². The van der Waals surface area contributed by atoms with Gasteiger partial charge in [-0.05, 0) is 71.5 Å². The fraction of sp³-hybridized carbons (Fsp3) is 0.143. The molecular formula is C42H34Cl2N2O6. The van der Waals surface area contributed by atoms with Gasteiger partial charge in [-0.25, -0.2) is 0 Å². The Bertz CT molecular complexity index is 2040. The summed E-state index contributed by atoms with van der Waals surface area (Å²) in [4.78, 5) is 31.7. The second kappa shape index (κ2) is 17.0. The van der Waals surface area contributed by atoms with Crippen LogP contribution in [0.25, 0.3) is 11.1 Å². The first-order valence-electron chi connectivity index (χ1n) is 16.4. The van der Waals surface area contributed by atoms with Crippen LogP contribution in [0.15, 0.2) is 110 Å². The van der Waals surface area contributed by atoms with Gasteiger partial charge in [0.1, 0.15) is 49.4 Å². The molecule has 2 heterocycles. The van der Waals surface area contributed by atoms with E-state index in [-0.39, 0.29) is 26.4 Å². The molecule has 0 saturated carbocycles. The molecule has 0 fully saturated rings. The van der Waals surface area contributed by atoms with E-state index in [1.807, 2.05) is 48.5 Å². The molecule has 2 aromatic heterocycles. The van der Waals surface area contributed by atoms with Crippen molar-refractivity contribution in [2.75, 3.05) is 0 Å². The number of carbonyl (C=O) groups is 2. The fourth-order valence-electron chi connectivity index (χ4n) is 5.62. The molecule has 6 aromatic rings. The van der Waals surface area contributed by atoms with E-state index in [0.29, 0.717) is 56.7 Å². The number of nitrogens with zero attached hydrogens (tertiary/aromatic N) is 2. The number of aldehydes is 2. The molecule has 0 aliphatic rings. The highest BCUT2D eigenvalue weighted by Gasteiger charge is 2.16. The Hall–Kier alpha value is -5.70. The molecule has 6 rings (SSSR count). The largest absolute Gasteiger partial charge is 0.488 e. The highest BCUT2D eigenvalue weighted by molar-refractivity contribution is 6.32. The number of benzene rings is 4. The lowest BCUT2D eigenvalue weighted by Gasteiger charge is -2.18. The van der Waals surface area contributed by atoms with Crippen LogP contribution in [0, 0.1) is 13.8 Å². The predicted molar refractivity (Wildman–Crippen MR) is 201 cm³/mol. The van der Waals surface area contributed by atoms with Crippen LogP contribution in [0.2, 0.25) is 10.0 Å². The second-order valence-corrected chi connectivity index (χ2v) is 12.7. The summed E-state index contributed by atoms with van der Waals surface area (Å²) in [7, 11) is 0. The summed E-state index contributed by atoms with van der Waals surface area (Å²) < 4.78 is 24.3. The third-order valence-corrected chi connectivity index (χ3v) is 9.16. The third kappa shape index (κ3) is 8.60. The minimum atomic E-state index is 0.238. The van der Waals surface area contributed by atoms with E-state index < -0.39 is 0 Å². The second-order valence-electron chi connectivity index (χ2n) is 11.9. The minimum absolute atomic E-state index is 0.238. The van der Waals surface area contributed by atoms with E-state index in [2.05, 4.69) is 35.9 Å². The lowest BCUT2D eigenvalue weighted by atomic mass is 9.92. The number of aromatic nitrogens is 2. The van der Waals surface area contributed by atoms with Gasteiger partial charge in [0, 0.05) is 48.0 Å². The van der Waals surface area contributed by atoms with Crippen LogP contribution < -0.4 is 18.9 Å². The Kier molecular flexibility index (Phi) is 11.8. The molecule has 4 aromatic carbocycles. The highest BCUT2D eigenvalue weighted by Crippen LogP contribution is 2.36. The summed E-state index contributed by atoms with van der Waals surface area (Å²) in [6.07, 6.45) is 8.19. The number of pyridine rings is 2. The Morgan fingerprint density at radius 2 is 0.962 bits per heavy atom. The standard InChI is InChI=1S/C42H34Cl2N2O6/c1-27-31(25-51-41-17-39(33(21-47)15-37(41)43)49-23-29-7-5-13-45-19-29)9-3-11-35(27)36-12-4-10-32(28(36)2)26-52-42-18-40(34(22-48)16-38(42)44)50-24-30-8-6-14-46-20-30/h3-22H,23-26H2,1-2H3. The van der Waals surface area contributed by atoms with Gasteiger partial charge in [0.05, 0.1) is 21.2 Å². The molecule has 0 spiro atoms. The molecule has 0 aliphatic heterocycles. The molecule has 0 saturated heterocycles. The average molecular weight is 734 g/mol. The van der Waals surface area contributed by atoms with E-state index in [9.17, 15) is 9.59 Å². The quantitative estimate of drug-likeness (QED) is 0.0963. The van der Waals surface area contributed by atoms with E-state index in [1.54, 1.807) is 49.1 Å². The van der Waals surface area contributed by atoms with Gasteiger partial charge in [-0.15, -0.1) is 0 Å². The van der Waals surface area contributed by atoms with Crippen molar-refractivity contribution in [2.45, 2.75) is 40.3 Å². The smallest absolute Gasteiger partial charge is 0.153 e. The van der Waals surface area contributed by atoms with Crippen molar-refractivity contribution in [3.05, 3.63) is 164 Å². The number of halogens is 2.